The smallest absolute Gasteiger partial charge is 0.331 e. The molecule has 6 heteroatoms. The van der Waals surface area contributed by atoms with E-state index in [4.69, 9.17) is 0 Å². The normalized spacial score (nSPS) is 18.4. The largest absolute Gasteiger partial charge is 0.479 e. The third kappa shape index (κ3) is 3.72. The fourth-order valence-corrected chi connectivity index (χ4v) is 3.36. The Kier molecular flexibility index (Phi) is 4.65. The van der Waals surface area contributed by atoms with Crippen molar-refractivity contribution < 1.29 is 14.7 Å². The van der Waals surface area contributed by atoms with Crippen LogP contribution in [0.2, 0.25) is 0 Å². The van der Waals surface area contributed by atoms with Gasteiger partial charge >= 0.3 is 12.0 Å². The zero-order valence-corrected chi connectivity index (χ0v) is 12.3. The van der Waals surface area contributed by atoms with Crippen molar-refractivity contribution in [3.63, 3.8) is 0 Å². The summed E-state index contributed by atoms with van der Waals surface area (Å²) in [5, 5.41) is 16.3. The van der Waals surface area contributed by atoms with Crippen molar-refractivity contribution in [3.8, 4) is 0 Å². The van der Waals surface area contributed by atoms with E-state index in [2.05, 4.69) is 17.6 Å². The maximum absolute atomic E-state index is 11.9. The number of hydrogen-bond donors (Lipinski definition) is 3. The first kappa shape index (κ1) is 14.8. The zero-order chi connectivity index (χ0) is 14.6. The minimum atomic E-state index is -1.05. The molecule has 0 saturated heterocycles. The topological polar surface area (TPSA) is 78.4 Å². The van der Waals surface area contributed by atoms with Crippen LogP contribution >= 0.6 is 11.3 Å². The molecule has 1 unspecified atom stereocenters. The quantitative estimate of drug-likeness (QED) is 0.781. The molecule has 1 heterocycles. The highest BCUT2D eigenvalue weighted by atomic mass is 32.1. The average molecular weight is 296 g/mol. The molecule has 1 aromatic rings. The van der Waals surface area contributed by atoms with Gasteiger partial charge in [-0.15, -0.1) is 11.3 Å². The van der Waals surface area contributed by atoms with Crippen molar-refractivity contribution in [1.82, 2.24) is 10.6 Å². The minimum Gasteiger partial charge on any atom is -0.479 e. The molecule has 1 saturated carbocycles. The Balaban J connectivity index is 1.87. The van der Waals surface area contributed by atoms with Crippen LogP contribution in [0, 0.1) is 5.41 Å². The van der Waals surface area contributed by atoms with Gasteiger partial charge in [0.05, 0.1) is 0 Å². The van der Waals surface area contributed by atoms with E-state index in [1.54, 1.807) is 17.5 Å². The lowest BCUT2D eigenvalue weighted by Gasteiger charge is -2.24. The molecule has 0 radical (unpaired) electrons. The van der Waals surface area contributed by atoms with Crippen LogP contribution in [-0.2, 0) is 4.79 Å². The molecule has 1 aromatic heterocycles. The molecule has 20 heavy (non-hydrogen) atoms. The van der Waals surface area contributed by atoms with Gasteiger partial charge in [-0.25, -0.2) is 9.59 Å². The molecule has 5 nitrogen and oxygen atoms in total. The molecule has 1 aliphatic carbocycles. The van der Waals surface area contributed by atoms with Crippen LogP contribution in [0.3, 0.4) is 0 Å². The van der Waals surface area contributed by atoms with Crippen LogP contribution in [0.4, 0.5) is 4.79 Å². The summed E-state index contributed by atoms with van der Waals surface area (Å²) >= 11 is 1.32. The van der Waals surface area contributed by atoms with Gasteiger partial charge < -0.3 is 15.7 Å². The molecule has 0 bridgehead atoms. The molecule has 0 spiro atoms. The third-order valence-corrected chi connectivity index (χ3v) is 4.77. The van der Waals surface area contributed by atoms with E-state index in [0.29, 0.717) is 11.4 Å². The van der Waals surface area contributed by atoms with E-state index in [1.165, 1.54) is 24.2 Å². The molecule has 1 aliphatic rings. The highest BCUT2D eigenvalue weighted by molar-refractivity contribution is 7.10. The van der Waals surface area contributed by atoms with E-state index in [-0.39, 0.29) is 5.41 Å². The fourth-order valence-electron chi connectivity index (χ4n) is 2.59. The predicted octanol–water partition coefficient (Wildman–Crippen LogP) is 2.75. The molecule has 0 aliphatic heterocycles. The Labute approximate surface area is 122 Å². The molecule has 110 valence electrons. The Bertz CT molecular complexity index is 467. The van der Waals surface area contributed by atoms with Gasteiger partial charge in [-0.3, -0.25) is 0 Å². The van der Waals surface area contributed by atoms with Gasteiger partial charge in [-0.1, -0.05) is 25.8 Å². The molecule has 1 atom stereocenters. The van der Waals surface area contributed by atoms with Gasteiger partial charge in [0.15, 0.2) is 6.04 Å². The molecule has 3 N–H and O–H groups in total. The van der Waals surface area contributed by atoms with Crippen LogP contribution in [0.15, 0.2) is 17.5 Å². The molecular formula is C14H20N2O3S. The first-order valence-corrected chi connectivity index (χ1v) is 7.69. The van der Waals surface area contributed by atoms with E-state index in [0.717, 1.165) is 12.8 Å². The standard InChI is InChI=1S/C14H20N2O3S/c1-14(6-2-3-7-14)9-15-13(19)16-11(12(17)18)10-5-4-8-20-10/h4-5,8,11H,2-3,6-7,9H2,1H3,(H,17,18)(H2,15,16,19). The van der Waals surface area contributed by atoms with Crippen LogP contribution in [-0.4, -0.2) is 23.7 Å². The first-order chi connectivity index (χ1) is 9.50. The lowest BCUT2D eigenvalue weighted by molar-refractivity contribution is -0.139. The van der Waals surface area contributed by atoms with Gasteiger partial charge in [0.25, 0.3) is 0 Å². The molecule has 2 rings (SSSR count). The van der Waals surface area contributed by atoms with Crippen molar-refractivity contribution in [3.05, 3.63) is 22.4 Å². The number of carbonyl (C=O) groups excluding carboxylic acids is 1. The summed E-state index contributed by atoms with van der Waals surface area (Å²) in [6.45, 7) is 2.75. The summed E-state index contributed by atoms with van der Waals surface area (Å²) in [5.74, 6) is -1.05. The van der Waals surface area contributed by atoms with Crippen molar-refractivity contribution in [2.75, 3.05) is 6.54 Å². The second-order valence-corrected chi connectivity index (χ2v) is 6.61. The van der Waals surface area contributed by atoms with Gasteiger partial charge in [0.1, 0.15) is 0 Å². The second-order valence-electron chi connectivity index (χ2n) is 5.63. The SMILES string of the molecule is CC1(CNC(=O)NC(C(=O)O)c2cccs2)CCCC1. The van der Waals surface area contributed by atoms with Crippen LogP contribution in [0.25, 0.3) is 0 Å². The Morgan fingerprint density at radius 2 is 2.15 bits per heavy atom. The number of aliphatic carboxylic acids is 1. The van der Waals surface area contributed by atoms with Gasteiger partial charge in [-0.2, -0.15) is 0 Å². The van der Waals surface area contributed by atoms with Gasteiger partial charge in [-0.05, 0) is 29.7 Å². The highest BCUT2D eigenvalue weighted by Gasteiger charge is 2.29. The number of carboxylic acid groups (broad SMARTS) is 1. The number of nitrogens with one attached hydrogen (secondary N) is 2. The molecule has 2 amide bonds. The number of rotatable bonds is 5. The summed E-state index contributed by atoms with van der Waals surface area (Å²) in [7, 11) is 0. The summed E-state index contributed by atoms with van der Waals surface area (Å²) in [6.07, 6.45) is 4.63. The van der Waals surface area contributed by atoms with E-state index < -0.39 is 18.0 Å². The number of carbonyl (C=O) groups is 2. The van der Waals surface area contributed by atoms with E-state index >= 15 is 0 Å². The minimum absolute atomic E-state index is 0.152. The summed E-state index contributed by atoms with van der Waals surface area (Å²) < 4.78 is 0. The lowest BCUT2D eigenvalue weighted by atomic mass is 9.89. The van der Waals surface area contributed by atoms with Crippen LogP contribution < -0.4 is 10.6 Å². The molecule has 0 aromatic carbocycles. The summed E-state index contributed by atoms with van der Waals surface area (Å²) in [6, 6.07) is 2.09. The zero-order valence-electron chi connectivity index (χ0n) is 11.5. The fraction of sp³-hybridized carbons (Fsp3) is 0.571. The number of amides is 2. The maximum atomic E-state index is 11.9. The average Bonchev–Trinajstić information content (AvgIpc) is 3.05. The van der Waals surface area contributed by atoms with Crippen LogP contribution in [0.5, 0.6) is 0 Å². The van der Waals surface area contributed by atoms with E-state index in [1.807, 2.05) is 0 Å². The van der Waals surface area contributed by atoms with Crippen molar-refractivity contribution in [2.24, 2.45) is 5.41 Å². The second kappa shape index (κ2) is 6.26. The van der Waals surface area contributed by atoms with Crippen molar-refractivity contribution in [1.29, 1.82) is 0 Å². The van der Waals surface area contributed by atoms with Crippen LogP contribution in [0.1, 0.15) is 43.5 Å². The Morgan fingerprint density at radius 3 is 2.70 bits per heavy atom. The third-order valence-electron chi connectivity index (χ3n) is 3.84. The number of thiophene rings is 1. The Hall–Kier alpha value is -1.56. The van der Waals surface area contributed by atoms with Gasteiger partial charge in [0.2, 0.25) is 0 Å². The van der Waals surface area contributed by atoms with E-state index in [9.17, 15) is 14.7 Å². The number of hydrogen-bond acceptors (Lipinski definition) is 3. The summed E-state index contributed by atoms with van der Waals surface area (Å²) in [5.41, 5.74) is 0.152. The maximum Gasteiger partial charge on any atom is 0.331 e. The lowest BCUT2D eigenvalue weighted by Crippen LogP contribution is -2.44. The molecular weight excluding hydrogens is 276 g/mol. The monoisotopic (exact) mass is 296 g/mol. The highest BCUT2D eigenvalue weighted by Crippen LogP contribution is 2.36. The number of urea groups is 1. The van der Waals surface area contributed by atoms with Crippen molar-refractivity contribution >= 4 is 23.3 Å². The van der Waals surface area contributed by atoms with Crippen molar-refractivity contribution in [2.45, 2.75) is 38.6 Å². The first-order valence-electron chi connectivity index (χ1n) is 6.81. The summed E-state index contributed by atoms with van der Waals surface area (Å²) in [4.78, 5) is 23.7. The number of carboxylic acids is 1. The predicted molar refractivity (Wildman–Crippen MR) is 77.8 cm³/mol. The molecule has 1 fully saturated rings. The Morgan fingerprint density at radius 1 is 1.45 bits per heavy atom. The van der Waals surface area contributed by atoms with Gasteiger partial charge in [0, 0.05) is 11.4 Å².